The third-order valence-electron chi connectivity index (χ3n) is 2.25. The fourth-order valence-electron chi connectivity index (χ4n) is 1.40. The lowest BCUT2D eigenvalue weighted by Gasteiger charge is -2.03. The van der Waals surface area contributed by atoms with Crippen molar-refractivity contribution >= 4 is 40.8 Å². The van der Waals surface area contributed by atoms with Crippen LogP contribution in [0.5, 0.6) is 0 Å². The molecule has 0 unspecified atom stereocenters. The van der Waals surface area contributed by atoms with Crippen molar-refractivity contribution in [1.29, 1.82) is 0 Å². The average molecular weight is 315 g/mol. The molecule has 20 heavy (non-hydrogen) atoms. The maximum Gasteiger partial charge on any atom is 0.325 e. The third kappa shape index (κ3) is 3.46. The highest BCUT2D eigenvalue weighted by atomic mass is 35.5. The van der Waals surface area contributed by atoms with Gasteiger partial charge in [0.25, 0.3) is 5.91 Å². The van der Waals surface area contributed by atoms with Crippen LogP contribution in [-0.4, -0.2) is 31.7 Å². The van der Waals surface area contributed by atoms with E-state index in [2.05, 4.69) is 15.4 Å². The molecule has 9 heteroatoms. The van der Waals surface area contributed by atoms with Gasteiger partial charge in [-0.05, 0) is 6.07 Å². The summed E-state index contributed by atoms with van der Waals surface area (Å²) in [5.41, 5.74) is 0.590. The van der Waals surface area contributed by atoms with Gasteiger partial charge in [0.1, 0.15) is 11.7 Å². The summed E-state index contributed by atoms with van der Waals surface area (Å²) in [5.74, 6) is -1.48. The average Bonchev–Trinajstić information content (AvgIpc) is 2.79. The van der Waals surface area contributed by atoms with Crippen LogP contribution >= 0.6 is 23.2 Å². The molecule has 0 radical (unpaired) electrons. The molecule has 0 aliphatic rings. The summed E-state index contributed by atoms with van der Waals surface area (Å²) in [5, 5.41) is 15.2. The lowest BCUT2D eigenvalue weighted by molar-refractivity contribution is -0.137. The molecule has 0 saturated carbocycles. The molecule has 0 bridgehead atoms. The summed E-state index contributed by atoms with van der Waals surface area (Å²) in [7, 11) is 0. The number of nitrogens with one attached hydrogen (secondary N) is 1. The van der Waals surface area contributed by atoms with Gasteiger partial charge in [-0.2, -0.15) is 5.10 Å². The van der Waals surface area contributed by atoms with Crippen molar-refractivity contribution in [2.75, 3.05) is 5.32 Å². The number of aromatic nitrogens is 3. The zero-order chi connectivity index (χ0) is 14.7. The van der Waals surface area contributed by atoms with E-state index in [4.69, 9.17) is 28.3 Å². The highest BCUT2D eigenvalue weighted by Crippen LogP contribution is 2.20. The Balaban J connectivity index is 2.09. The second-order valence-corrected chi connectivity index (χ2v) is 4.54. The first-order valence-electron chi connectivity index (χ1n) is 5.32. The van der Waals surface area contributed by atoms with Gasteiger partial charge in [0, 0.05) is 12.4 Å². The summed E-state index contributed by atoms with van der Waals surface area (Å²) in [6, 6.07) is 1.38. The van der Waals surface area contributed by atoms with E-state index in [-0.39, 0.29) is 22.3 Å². The first-order chi connectivity index (χ1) is 9.45. The minimum Gasteiger partial charge on any atom is -0.480 e. The van der Waals surface area contributed by atoms with Crippen LogP contribution < -0.4 is 5.32 Å². The Morgan fingerprint density at radius 3 is 2.75 bits per heavy atom. The molecule has 2 N–H and O–H groups in total. The van der Waals surface area contributed by atoms with Gasteiger partial charge in [-0.25, -0.2) is 4.98 Å². The number of pyridine rings is 1. The van der Waals surface area contributed by atoms with E-state index in [9.17, 15) is 9.59 Å². The number of rotatable bonds is 4. The van der Waals surface area contributed by atoms with Gasteiger partial charge >= 0.3 is 5.97 Å². The molecule has 0 atom stereocenters. The molecule has 0 aliphatic carbocycles. The lowest BCUT2D eigenvalue weighted by Crippen LogP contribution is -2.12. The summed E-state index contributed by atoms with van der Waals surface area (Å²) in [6.45, 7) is -0.288. The quantitative estimate of drug-likeness (QED) is 0.840. The summed E-state index contributed by atoms with van der Waals surface area (Å²) in [6.07, 6.45) is 4.02. The van der Waals surface area contributed by atoms with Crippen molar-refractivity contribution in [3.63, 3.8) is 0 Å². The summed E-state index contributed by atoms with van der Waals surface area (Å²) in [4.78, 5) is 26.2. The first kappa shape index (κ1) is 14.3. The van der Waals surface area contributed by atoms with Crippen LogP contribution in [0.1, 0.15) is 10.4 Å². The predicted molar refractivity (Wildman–Crippen MR) is 72.1 cm³/mol. The van der Waals surface area contributed by atoms with Crippen molar-refractivity contribution in [2.45, 2.75) is 6.54 Å². The molecule has 2 heterocycles. The Hall–Kier alpha value is -2.12. The molecule has 1 amide bonds. The number of carboxylic acids is 1. The zero-order valence-electron chi connectivity index (χ0n) is 9.88. The predicted octanol–water partition coefficient (Wildman–Crippen LogP) is 1.92. The number of hydrogen-bond donors (Lipinski definition) is 2. The number of carbonyl (C=O) groups is 2. The number of halogens is 2. The molecule has 2 rings (SSSR count). The van der Waals surface area contributed by atoms with E-state index >= 15 is 0 Å². The Bertz CT molecular complexity index is 671. The van der Waals surface area contributed by atoms with Gasteiger partial charge in [0.05, 0.1) is 22.5 Å². The molecule has 2 aromatic heterocycles. The number of nitrogens with zero attached hydrogens (tertiary/aromatic N) is 3. The lowest BCUT2D eigenvalue weighted by atomic mass is 10.2. The standard InChI is InChI=1S/C11H8Cl2N4O3/c12-8-1-6(2-14-10(8)13)11(20)16-7-3-15-17(4-7)5-9(18)19/h1-4H,5H2,(H,16,20)(H,18,19). The van der Waals surface area contributed by atoms with E-state index in [0.29, 0.717) is 5.69 Å². The van der Waals surface area contributed by atoms with Crippen LogP contribution in [0, 0.1) is 0 Å². The first-order valence-corrected chi connectivity index (χ1v) is 6.08. The van der Waals surface area contributed by atoms with Crippen molar-refractivity contribution in [2.24, 2.45) is 0 Å². The highest BCUT2D eigenvalue weighted by molar-refractivity contribution is 6.41. The molecule has 0 spiro atoms. The highest BCUT2D eigenvalue weighted by Gasteiger charge is 2.11. The SMILES string of the molecule is O=C(O)Cn1cc(NC(=O)c2cnc(Cl)c(Cl)c2)cn1. The van der Waals surface area contributed by atoms with Gasteiger partial charge in [-0.3, -0.25) is 14.3 Å². The monoisotopic (exact) mass is 314 g/mol. The van der Waals surface area contributed by atoms with Gasteiger partial charge in [-0.15, -0.1) is 0 Å². The minimum absolute atomic E-state index is 0.109. The molecule has 0 saturated heterocycles. The Kier molecular flexibility index (Phi) is 4.21. The molecule has 104 valence electrons. The van der Waals surface area contributed by atoms with Crippen LogP contribution in [0.2, 0.25) is 10.2 Å². The van der Waals surface area contributed by atoms with Crippen LogP contribution in [0.15, 0.2) is 24.7 Å². The van der Waals surface area contributed by atoms with Crippen LogP contribution in [0.25, 0.3) is 0 Å². The molecule has 2 aromatic rings. The van der Waals surface area contributed by atoms with Gasteiger partial charge in [-0.1, -0.05) is 23.2 Å². The molecule has 0 aliphatic heterocycles. The fraction of sp³-hybridized carbons (Fsp3) is 0.0909. The topological polar surface area (TPSA) is 97.1 Å². The third-order valence-corrected chi connectivity index (χ3v) is 2.93. The van der Waals surface area contributed by atoms with E-state index in [1.165, 1.54) is 29.3 Å². The molecular formula is C11H8Cl2N4O3. The van der Waals surface area contributed by atoms with E-state index < -0.39 is 11.9 Å². The van der Waals surface area contributed by atoms with Crippen molar-refractivity contribution in [3.05, 3.63) is 40.4 Å². The maximum absolute atomic E-state index is 11.9. The molecule has 0 aromatic carbocycles. The maximum atomic E-state index is 11.9. The Morgan fingerprint density at radius 2 is 2.10 bits per heavy atom. The number of carbonyl (C=O) groups excluding carboxylic acids is 1. The number of amides is 1. The van der Waals surface area contributed by atoms with E-state index in [1.807, 2.05) is 0 Å². The smallest absolute Gasteiger partial charge is 0.325 e. The normalized spacial score (nSPS) is 10.3. The van der Waals surface area contributed by atoms with Crippen molar-refractivity contribution in [1.82, 2.24) is 14.8 Å². The minimum atomic E-state index is -1.03. The number of aliphatic carboxylic acids is 1. The number of carboxylic acid groups (broad SMARTS) is 1. The number of anilines is 1. The number of hydrogen-bond acceptors (Lipinski definition) is 4. The Labute approximate surface area is 123 Å². The van der Waals surface area contributed by atoms with Crippen LogP contribution in [-0.2, 0) is 11.3 Å². The molecule has 7 nitrogen and oxygen atoms in total. The summed E-state index contributed by atoms with van der Waals surface area (Å²) >= 11 is 11.4. The van der Waals surface area contributed by atoms with Crippen LogP contribution in [0.4, 0.5) is 5.69 Å². The second kappa shape index (κ2) is 5.89. The van der Waals surface area contributed by atoms with Gasteiger partial charge in [0.2, 0.25) is 0 Å². The fourth-order valence-corrected chi connectivity index (χ4v) is 1.67. The zero-order valence-corrected chi connectivity index (χ0v) is 11.4. The van der Waals surface area contributed by atoms with Gasteiger partial charge in [0.15, 0.2) is 0 Å². The van der Waals surface area contributed by atoms with Crippen molar-refractivity contribution in [3.8, 4) is 0 Å². The Morgan fingerprint density at radius 1 is 1.35 bits per heavy atom. The summed E-state index contributed by atoms with van der Waals surface area (Å²) < 4.78 is 1.19. The largest absolute Gasteiger partial charge is 0.480 e. The molecule has 0 fully saturated rings. The second-order valence-electron chi connectivity index (χ2n) is 3.77. The van der Waals surface area contributed by atoms with Crippen molar-refractivity contribution < 1.29 is 14.7 Å². The molecular weight excluding hydrogens is 307 g/mol. The van der Waals surface area contributed by atoms with E-state index in [1.54, 1.807) is 0 Å². The van der Waals surface area contributed by atoms with E-state index in [0.717, 1.165) is 0 Å². The van der Waals surface area contributed by atoms with Crippen LogP contribution in [0.3, 0.4) is 0 Å². The van der Waals surface area contributed by atoms with Gasteiger partial charge < -0.3 is 10.4 Å².